The number of imidazole rings is 1. The Labute approximate surface area is 115 Å². The van der Waals surface area contributed by atoms with Crippen molar-refractivity contribution in [2.24, 2.45) is 0 Å². The summed E-state index contributed by atoms with van der Waals surface area (Å²) < 4.78 is 1.64. The molecule has 2 aromatic heterocycles. The minimum atomic E-state index is -0.278. The van der Waals surface area contributed by atoms with Crippen molar-refractivity contribution in [3.05, 3.63) is 67.0 Å². The molecule has 1 N–H and O–H groups in total. The van der Waals surface area contributed by atoms with Crippen molar-refractivity contribution in [3.8, 4) is 5.95 Å². The van der Waals surface area contributed by atoms with Crippen molar-refractivity contribution in [2.75, 3.05) is 5.32 Å². The van der Waals surface area contributed by atoms with E-state index in [0.29, 0.717) is 11.6 Å². The Morgan fingerprint density at radius 1 is 1.10 bits per heavy atom. The maximum absolute atomic E-state index is 12.1. The summed E-state index contributed by atoms with van der Waals surface area (Å²) in [5, 5.41) is 2.78. The topological polar surface area (TPSA) is 72.7 Å². The van der Waals surface area contributed by atoms with Crippen molar-refractivity contribution in [3.63, 3.8) is 0 Å². The number of nitrogens with one attached hydrogen (secondary N) is 1. The highest BCUT2D eigenvalue weighted by atomic mass is 16.1. The minimum Gasteiger partial charge on any atom is -0.321 e. The van der Waals surface area contributed by atoms with Crippen LogP contribution in [0.15, 0.2) is 61.3 Å². The Bertz CT molecular complexity index is 709. The van der Waals surface area contributed by atoms with Gasteiger partial charge >= 0.3 is 0 Å². The van der Waals surface area contributed by atoms with Crippen LogP contribution in [0.2, 0.25) is 0 Å². The number of amides is 1. The molecule has 0 unspecified atom stereocenters. The maximum Gasteiger partial charge on any atom is 0.274 e. The Hall–Kier alpha value is -3.02. The lowest BCUT2D eigenvalue weighted by Gasteiger charge is -2.05. The summed E-state index contributed by atoms with van der Waals surface area (Å²) in [6.45, 7) is 0. The molecule has 20 heavy (non-hydrogen) atoms. The standard InChI is InChI=1S/C14H11N5O/c20-13(17-11-4-2-1-3-5-11)12-6-7-16-14(18-12)19-9-8-15-10-19/h1-10H,(H,17,20). The fraction of sp³-hybridized carbons (Fsp3) is 0. The summed E-state index contributed by atoms with van der Waals surface area (Å²) >= 11 is 0. The summed E-state index contributed by atoms with van der Waals surface area (Å²) in [5.74, 6) is 0.128. The highest BCUT2D eigenvalue weighted by Gasteiger charge is 2.09. The van der Waals surface area contributed by atoms with Crippen LogP contribution < -0.4 is 5.32 Å². The number of hydrogen-bond donors (Lipinski definition) is 1. The second-order valence-electron chi connectivity index (χ2n) is 4.03. The average Bonchev–Trinajstić information content (AvgIpc) is 3.03. The lowest BCUT2D eigenvalue weighted by Crippen LogP contribution is -2.15. The third kappa shape index (κ3) is 2.54. The van der Waals surface area contributed by atoms with E-state index in [1.165, 1.54) is 0 Å². The van der Waals surface area contributed by atoms with E-state index in [0.717, 1.165) is 5.69 Å². The molecule has 0 atom stereocenters. The molecule has 0 saturated carbocycles. The molecule has 0 bridgehead atoms. The second kappa shape index (κ2) is 5.31. The third-order valence-corrected chi connectivity index (χ3v) is 2.64. The normalized spacial score (nSPS) is 10.2. The molecule has 0 spiro atoms. The first-order chi connectivity index (χ1) is 9.83. The number of carbonyl (C=O) groups excluding carboxylic acids is 1. The molecular weight excluding hydrogens is 254 g/mol. The molecular formula is C14H11N5O. The molecule has 0 aliphatic carbocycles. The van der Waals surface area contributed by atoms with Crippen LogP contribution in [0.5, 0.6) is 0 Å². The quantitative estimate of drug-likeness (QED) is 0.785. The molecule has 98 valence electrons. The SMILES string of the molecule is O=C(Nc1ccccc1)c1ccnc(-n2ccnc2)n1. The number of para-hydroxylation sites is 1. The summed E-state index contributed by atoms with van der Waals surface area (Å²) in [7, 11) is 0. The van der Waals surface area contributed by atoms with E-state index in [4.69, 9.17) is 0 Å². The van der Waals surface area contributed by atoms with Gasteiger partial charge < -0.3 is 5.32 Å². The van der Waals surface area contributed by atoms with Gasteiger partial charge in [0.05, 0.1) is 0 Å². The molecule has 1 aromatic carbocycles. The van der Waals surface area contributed by atoms with Crippen molar-refractivity contribution in [1.82, 2.24) is 19.5 Å². The number of hydrogen-bond acceptors (Lipinski definition) is 4. The van der Waals surface area contributed by atoms with Crippen LogP contribution in [0, 0.1) is 0 Å². The van der Waals surface area contributed by atoms with Gasteiger partial charge in [-0.05, 0) is 18.2 Å². The number of anilines is 1. The zero-order chi connectivity index (χ0) is 13.8. The number of nitrogens with zero attached hydrogens (tertiary/aromatic N) is 4. The molecule has 0 saturated heterocycles. The zero-order valence-corrected chi connectivity index (χ0v) is 10.5. The highest BCUT2D eigenvalue weighted by Crippen LogP contribution is 2.08. The van der Waals surface area contributed by atoms with Gasteiger partial charge in [0.2, 0.25) is 5.95 Å². The smallest absolute Gasteiger partial charge is 0.274 e. The predicted octanol–water partition coefficient (Wildman–Crippen LogP) is 1.91. The molecule has 1 amide bonds. The Balaban J connectivity index is 1.84. The lowest BCUT2D eigenvalue weighted by atomic mass is 10.3. The van der Waals surface area contributed by atoms with Crippen LogP contribution in [0.1, 0.15) is 10.5 Å². The van der Waals surface area contributed by atoms with Gasteiger partial charge in [-0.1, -0.05) is 18.2 Å². The number of carbonyl (C=O) groups is 1. The van der Waals surface area contributed by atoms with E-state index in [1.54, 1.807) is 35.6 Å². The largest absolute Gasteiger partial charge is 0.321 e. The van der Waals surface area contributed by atoms with Crippen LogP contribution in [-0.2, 0) is 0 Å². The molecule has 2 heterocycles. The fourth-order valence-electron chi connectivity index (χ4n) is 1.69. The van der Waals surface area contributed by atoms with E-state index in [-0.39, 0.29) is 5.91 Å². The van der Waals surface area contributed by atoms with Gasteiger partial charge in [0.15, 0.2) is 0 Å². The van der Waals surface area contributed by atoms with Gasteiger partial charge in [-0.3, -0.25) is 9.36 Å². The van der Waals surface area contributed by atoms with E-state index in [2.05, 4.69) is 20.3 Å². The van der Waals surface area contributed by atoms with Crippen LogP contribution >= 0.6 is 0 Å². The summed E-state index contributed by atoms with van der Waals surface area (Å²) in [6.07, 6.45) is 6.46. The monoisotopic (exact) mass is 265 g/mol. The van der Waals surface area contributed by atoms with Crippen molar-refractivity contribution in [1.29, 1.82) is 0 Å². The summed E-state index contributed by atoms with van der Waals surface area (Å²) in [4.78, 5) is 24.3. The first kappa shape index (κ1) is 12.0. The van der Waals surface area contributed by atoms with Crippen LogP contribution in [0.3, 0.4) is 0 Å². The predicted molar refractivity (Wildman–Crippen MR) is 73.5 cm³/mol. The molecule has 0 radical (unpaired) electrons. The molecule has 0 fully saturated rings. The van der Waals surface area contributed by atoms with Gasteiger partial charge in [-0.25, -0.2) is 15.0 Å². The van der Waals surface area contributed by atoms with Gasteiger partial charge in [0.25, 0.3) is 5.91 Å². The van der Waals surface area contributed by atoms with Gasteiger partial charge in [-0.2, -0.15) is 0 Å². The van der Waals surface area contributed by atoms with E-state index >= 15 is 0 Å². The molecule has 6 heteroatoms. The number of aromatic nitrogens is 4. The zero-order valence-electron chi connectivity index (χ0n) is 10.5. The number of benzene rings is 1. The van der Waals surface area contributed by atoms with E-state index in [1.807, 2.05) is 30.3 Å². The van der Waals surface area contributed by atoms with Gasteiger partial charge in [0.1, 0.15) is 12.0 Å². The van der Waals surface area contributed by atoms with Crippen molar-refractivity contribution < 1.29 is 4.79 Å². The third-order valence-electron chi connectivity index (χ3n) is 2.64. The Morgan fingerprint density at radius 3 is 2.70 bits per heavy atom. The van der Waals surface area contributed by atoms with E-state index in [9.17, 15) is 4.79 Å². The summed E-state index contributed by atoms with van der Waals surface area (Å²) in [6, 6.07) is 10.8. The van der Waals surface area contributed by atoms with Crippen molar-refractivity contribution in [2.45, 2.75) is 0 Å². The molecule has 3 rings (SSSR count). The van der Waals surface area contributed by atoms with Crippen LogP contribution in [0.25, 0.3) is 5.95 Å². The van der Waals surface area contributed by atoms with Gasteiger partial charge in [-0.15, -0.1) is 0 Å². The van der Waals surface area contributed by atoms with Gasteiger partial charge in [0, 0.05) is 24.3 Å². The molecule has 3 aromatic rings. The maximum atomic E-state index is 12.1. The average molecular weight is 265 g/mol. The minimum absolute atomic E-state index is 0.278. The lowest BCUT2D eigenvalue weighted by molar-refractivity contribution is 0.102. The first-order valence-electron chi connectivity index (χ1n) is 6.01. The molecule has 0 aliphatic rings. The molecule has 0 aliphatic heterocycles. The van der Waals surface area contributed by atoms with Crippen molar-refractivity contribution >= 4 is 11.6 Å². The Morgan fingerprint density at radius 2 is 1.95 bits per heavy atom. The van der Waals surface area contributed by atoms with E-state index < -0.39 is 0 Å². The highest BCUT2D eigenvalue weighted by molar-refractivity contribution is 6.02. The first-order valence-corrected chi connectivity index (χ1v) is 6.01. The fourth-order valence-corrected chi connectivity index (χ4v) is 1.69. The summed E-state index contributed by atoms with van der Waals surface area (Å²) in [5.41, 5.74) is 1.02. The van der Waals surface area contributed by atoms with Crippen LogP contribution in [-0.4, -0.2) is 25.4 Å². The second-order valence-corrected chi connectivity index (χ2v) is 4.03. The van der Waals surface area contributed by atoms with Crippen LogP contribution in [0.4, 0.5) is 5.69 Å². The number of rotatable bonds is 3. The Kier molecular flexibility index (Phi) is 3.20. The molecule has 6 nitrogen and oxygen atoms in total.